The highest BCUT2D eigenvalue weighted by Crippen LogP contribution is 1.84. The van der Waals surface area contributed by atoms with Crippen LogP contribution in [0.3, 0.4) is 0 Å². The SMILES string of the molecule is CC(=O)OOOOC(C)=O. The van der Waals surface area contributed by atoms with Crippen molar-refractivity contribution in [2.24, 2.45) is 0 Å². The van der Waals surface area contributed by atoms with E-state index in [-0.39, 0.29) is 0 Å². The normalized spacial score (nSPS) is 8.60. The molecule has 0 bridgehead atoms. The monoisotopic (exact) mass is 150 g/mol. The average Bonchev–Trinajstić information content (AvgIpc) is 1.79. The van der Waals surface area contributed by atoms with Gasteiger partial charge in [0.2, 0.25) is 0 Å². The maximum Gasteiger partial charge on any atom is 0.342 e. The molecule has 0 aromatic heterocycles. The second-order valence-corrected chi connectivity index (χ2v) is 1.29. The van der Waals surface area contributed by atoms with Gasteiger partial charge in [0.05, 0.1) is 0 Å². The van der Waals surface area contributed by atoms with Crippen LogP contribution >= 0.6 is 0 Å². The van der Waals surface area contributed by atoms with E-state index in [0.717, 1.165) is 13.8 Å². The van der Waals surface area contributed by atoms with Crippen molar-refractivity contribution in [3.05, 3.63) is 0 Å². The van der Waals surface area contributed by atoms with Gasteiger partial charge in [-0.15, -0.1) is 0 Å². The Labute approximate surface area is 56.4 Å². The van der Waals surface area contributed by atoms with Crippen LogP contribution in [0.4, 0.5) is 0 Å². The molecule has 0 amide bonds. The van der Waals surface area contributed by atoms with E-state index in [4.69, 9.17) is 0 Å². The summed E-state index contributed by atoms with van der Waals surface area (Å²) in [7, 11) is 0. The minimum atomic E-state index is -0.716. The molecule has 0 heterocycles. The third kappa shape index (κ3) is 6.86. The number of hydrogen-bond donors (Lipinski definition) is 0. The lowest BCUT2D eigenvalue weighted by Gasteiger charge is -1.95. The molecule has 0 aliphatic carbocycles. The van der Waals surface area contributed by atoms with Gasteiger partial charge in [0.1, 0.15) is 0 Å². The first-order valence-electron chi connectivity index (χ1n) is 2.32. The lowest BCUT2D eigenvalue weighted by Crippen LogP contribution is -2.05. The van der Waals surface area contributed by atoms with Crippen molar-refractivity contribution in [1.82, 2.24) is 0 Å². The van der Waals surface area contributed by atoms with Crippen molar-refractivity contribution in [2.45, 2.75) is 13.8 Å². The van der Waals surface area contributed by atoms with E-state index in [0.29, 0.717) is 0 Å². The fourth-order valence-corrected chi connectivity index (χ4v) is 0.124. The molecule has 0 unspecified atom stereocenters. The van der Waals surface area contributed by atoms with Crippen LogP contribution in [0, 0.1) is 0 Å². The van der Waals surface area contributed by atoms with Crippen LogP contribution in [0.15, 0.2) is 0 Å². The van der Waals surface area contributed by atoms with Gasteiger partial charge in [-0.3, -0.25) is 9.78 Å². The zero-order valence-corrected chi connectivity index (χ0v) is 5.45. The Bertz CT molecular complexity index is 114. The van der Waals surface area contributed by atoms with Crippen LogP contribution < -0.4 is 0 Å². The highest BCUT2D eigenvalue weighted by atomic mass is 17.7. The predicted molar refractivity (Wildman–Crippen MR) is 25.7 cm³/mol. The zero-order valence-electron chi connectivity index (χ0n) is 5.45. The van der Waals surface area contributed by atoms with Crippen LogP contribution in [0.5, 0.6) is 0 Å². The Kier molecular flexibility index (Phi) is 4.17. The molecule has 0 aromatic rings. The Balaban J connectivity index is 3.06. The van der Waals surface area contributed by atoms with Gasteiger partial charge in [-0.2, -0.15) is 0 Å². The quantitative estimate of drug-likeness (QED) is 0.317. The maximum absolute atomic E-state index is 9.92. The summed E-state index contributed by atoms with van der Waals surface area (Å²) < 4.78 is 0. The number of carbonyl (C=O) groups is 2. The highest BCUT2D eigenvalue weighted by Gasteiger charge is 1.97. The molecule has 0 radical (unpaired) electrons. The lowest BCUT2D eigenvalue weighted by atomic mass is 10.8. The first-order chi connectivity index (χ1) is 4.63. The minimum Gasteiger partial charge on any atom is -0.266 e. The summed E-state index contributed by atoms with van der Waals surface area (Å²) in [5, 5.41) is 7.23. The molecule has 0 atom stereocenters. The van der Waals surface area contributed by atoms with Crippen molar-refractivity contribution < 1.29 is 29.4 Å². The van der Waals surface area contributed by atoms with Gasteiger partial charge in [0.15, 0.2) is 0 Å². The maximum atomic E-state index is 9.92. The first kappa shape index (κ1) is 8.86. The predicted octanol–water partition coefficient (Wildman–Crippen LogP) is -0.109. The van der Waals surface area contributed by atoms with Crippen molar-refractivity contribution in [1.29, 1.82) is 0 Å². The molecule has 0 aliphatic rings. The van der Waals surface area contributed by atoms with Gasteiger partial charge in [-0.05, 0) is 0 Å². The van der Waals surface area contributed by atoms with Gasteiger partial charge in [0.25, 0.3) is 0 Å². The van der Waals surface area contributed by atoms with E-state index in [2.05, 4.69) is 19.9 Å². The summed E-state index contributed by atoms with van der Waals surface area (Å²) in [6.07, 6.45) is 0. The van der Waals surface area contributed by atoms with Crippen molar-refractivity contribution in [3.63, 3.8) is 0 Å². The van der Waals surface area contributed by atoms with E-state index >= 15 is 0 Å². The van der Waals surface area contributed by atoms with Gasteiger partial charge in [-0.25, -0.2) is 9.59 Å². The fraction of sp³-hybridized carbons (Fsp3) is 0.500. The van der Waals surface area contributed by atoms with Crippen LogP contribution in [-0.4, -0.2) is 11.9 Å². The summed E-state index contributed by atoms with van der Waals surface area (Å²) in [6, 6.07) is 0. The number of carbonyl (C=O) groups excluding carboxylic acids is 2. The van der Waals surface area contributed by atoms with E-state index in [1.54, 1.807) is 0 Å². The molecule has 6 nitrogen and oxygen atoms in total. The molecular formula is C4H6O6. The molecule has 0 aliphatic heterocycles. The first-order valence-corrected chi connectivity index (χ1v) is 2.32. The number of hydrogen-bond acceptors (Lipinski definition) is 6. The second kappa shape index (κ2) is 4.71. The van der Waals surface area contributed by atoms with Crippen LogP contribution in [0.1, 0.15) is 13.8 Å². The van der Waals surface area contributed by atoms with Gasteiger partial charge >= 0.3 is 11.9 Å². The van der Waals surface area contributed by atoms with Crippen LogP contribution in [0.25, 0.3) is 0 Å². The average molecular weight is 150 g/mol. The molecule has 0 saturated heterocycles. The Hall–Kier alpha value is -1.14. The van der Waals surface area contributed by atoms with Crippen molar-refractivity contribution in [3.8, 4) is 0 Å². The molecule has 58 valence electrons. The summed E-state index contributed by atoms with van der Waals surface area (Å²) in [6.45, 7) is 2.19. The van der Waals surface area contributed by atoms with Crippen molar-refractivity contribution in [2.75, 3.05) is 0 Å². The topological polar surface area (TPSA) is 71.1 Å². The molecule has 0 aromatic carbocycles. The standard InChI is InChI=1S/C4H6O6/c1-3(5)7-9-10-8-4(2)6/h1-2H3. The molecule has 6 heteroatoms. The van der Waals surface area contributed by atoms with Gasteiger partial charge < -0.3 is 0 Å². The van der Waals surface area contributed by atoms with E-state index < -0.39 is 11.9 Å². The molecule has 0 rings (SSSR count). The number of rotatable bonds is 3. The molecule has 0 spiro atoms. The third-order valence-corrected chi connectivity index (χ3v) is 0.331. The highest BCUT2D eigenvalue weighted by molar-refractivity contribution is 5.65. The molecule has 0 N–H and O–H groups in total. The largest absolute Gasteiger partial charge is 0.342 e. The molecular weight excluding hydrogens is 144 g/mol. The smallest absolute Gasteiger partial charge is 0.266 e. The molecule has 10 heavy (non-hydrogen) atoms. The fourth-order valence-electron chi connectivity index (χ4n) is 0.124. The lowest BCUT2D eigenvalue weighted by molar-refractivity contribution is -0.599. The van der Waals surface area contributed by atoms with Crippen LogP contribution in [-0.2, 0) is 29.4 Å². The van der Waals surface area contributed by atoms with Crippen molar-refractivity contribution >= 4 is 11.9 Å². The Morgan fingerprint density at radius 2 is 1.20 bits per heavy atom. The summed E-state index contributed by atoms with van der Waals surface area (Å²) in [4.78, 5) is 27.3. The summed E-state index contributed by atoms with van der Waals surface area (Å²) in [5.41, 5.74) is 0. The third-order valence-electron chi connectivity index (χ3n) is 0.331. The second-order valence-electron chi connectivity index (χ2n) is 1.29. The van der Waals surface area contributed by atoms with Gasteiger partial charge in [-0.1, -0.05) is 0 Å². The molecule has 0 fully saturated rings. The van der Waals surface area contributed by atoms with E-state index in [1.165, 1.54) is 0 Å². The van der Waals surface area contributed by atoms with E-state index in [1.807, 2.05) is 0 Å². The zero-order chi connectivity index (χ0) is 7.98. The van der Waals surface area contributed by atoms with Crippen LogP contribution in [0.2, 0.25) is 0 Å². The summed E-state index contributed by atoms with van der Waals surface area (Å²) in [5.74, 6) is -1.43. The Morgan fingerprint density at radius 3 is 1.40 bits per heavy atom. The molecule has 0 saturated carbocycles. The van der Waals surface area contributed by atoms with Gasteiger partial charge in [0, 0.05) is 23.9 Å². The Morgan fingerprint density at radius 1 is 0.900 bits per heavy atom. The minimum absolute atomic E-state index is 0.716. The summed E-state index contributed by atoms with van der Waals surface area (Å²) >= 11 is 0. The van der Waals surface area contributed by atoms with E-state index in [9.17, 15) is 9.59 Å².